The average molecular weight is 554 g/mol. The van der Waals surface area contributed by atoms with E-state index >= 15 is 0 Å². The molecule has 0 rings (SSSR count). The summed E-state index contributed by atoms with van der Waals surface area (Å²) in [5.74, 6) is -1.86. The van der Waals surface area contributed by atoms with E-state index in [1.165, 1.54) is 77.0 Å². The number of nitrogens with two attached hydrogens (primary N) is 1. The third kappa shape index (κ3) is 22.9. The van der Waals surface area contributed by atoms with Gasteiger partial charge in [0, 0.05) is 26.2 Å². The van der Waals surface area contributed by atoms with Crippen molar-refractivity contribution in [3.63, 3.8) is 0 Å². The molecule has 0 aliphatic heterocycles. The summed E-state index contributed by atoms with van der Waals surface area (Å²) in [4.78, 5) is 48.4. The van der Waals surface area contributed by atoms with E-state index in [1.54, 1.807) is 0 Å². The maximum atomic E-state index is 13.1. The quantitative estimate of drug-likeness (QED) is 0.0775. The Morgan fingerprint density at radius 3 is 0.846 bits per heavy atom. The fourth-order valence-electron chi connectivity index (χ4n) is 4.79. The molecule has 6 nitrogen and oxygen atoms in total. The van der Waals surface area contributed by atoms with Crippen LogP contribution in [-0.4, -0.2) is 34.0 Å². The number of hydrogen-bond donors (Lipinski definition) is 2. The number of carbonyl (C=O) groups excluding carboxylic acids is 3. The lowest BCUT2D eigenvalue weighted by molar-refractivity contribution is -0.142. The van der Waals surface area contributed by atoms with Crippen LogP contribution >= 0.6 is 0 Å². The van der Waals surface area contributed by atoms with Crippen molar-refractivity contribution in [2.24, 2.45) is 5.73 Å². The van der Waals surface area contributed by atoms with E-state index < -0.39 is 11.5 Å². The maximum Gasteiger partial charge on any atom is 0.300 e. The fraction of sp³-hybridized carbons (Fsp3) is 0.879. The Morgan fingerprint density at radius 1 is 0.462 bits per heavy atom. The summed E-state index contributed by atoms with van der Waals surface area (Å²) >= 11 is 0. The molecule has 39 heavy (non-hydrogen) atoms. The molecule has 230 valence electrons. The Kier molecular flexibility index (Phi) is 28.4. The van der Waals surface area contributed by atoms with Crippen LogP contribution in [0.2, 0.25) is 0 Å². The van der Waals surface area contributed by atoms with E-state index in [9.17, 15) is 14.4 Å². The van der Waals surface area contributed by atoms with Crippen LogP contribution in [0.25, 0.3) is 0 Å². The molecule has 0 atom stereocenters. The van der Waals surface area contributed by atoms with E-state index in [1.807, 2.05) is 0 Å². The van der Waals surface area contributed by atoms with Gasteiger partial charge in [-0.3, -0.25) is 19.2 Å². The molecule has 6 heteroatoms. The molecule has 0 bridgehead atoms. The van der Waals surface area contributed by atoms with Gasteiger partial charge in [-0.1, -0.05) is 136 Å². The number of rotatable bonds is 27. The number of carboxylic acids is 1. The minimum Gasteiger partial charge on any atom is -0.481 e. The molecule has 0 saturated carbocycles. The number of ketones is 3. The SMILES string of the molecule is CC(=O)O.CCCCCCCCCC(=O)C(N)(C(=O)CCCCCCCCC)C(=O)CCCCCCCCC. The van der Waals surface area contributed by atoms with Gasteiger partial charge in [-0.25, -0.2) is 0 Å². The zero-order valence-corrected chi connectivity index (χ0v) is 26.1. The molecule has 0 heterocycles. The lowest BCUT2D eigenvalue weighted by atomic mass is 9.79. The first-order chi connectivity index (χ1) is 18.7. The summed E-state index contributed by atoms with van der Waals surface area (Å²) in [6, 6.07) is 0. The second-order valence-corrected chi connectivity index (χ2v) is 11.2. The smallest absolute Gasteiger partial charge is 0.300 e. The van der Waals surface area contributed by atoms with Crippen LogP contribution in [0.15, 0.2) is 0 Å². The van der Waals surface area contributed by atoms with Gasteiger partial charge in [-0.05, 0) is 19.3 Å². The van der Waals surface area contributed by atoms with Crippen LogP contribution in [0.5, 0.6) is 0 Å². The van der Waals surface area contributed by atoms with E-state index in [0.29, 0.717) is 0 Å². The Hall–Kier alpha value is -1.56. The summed E-state index contributed by atoms with van der Waals surface area (Å²) in [6.45, 7) is 7.69. The predicted molar refractivity (Wildman–Crippen MR) is 163 cm³/mol. The van der Waals surface area contributed by atoms with Crippen LogP contribution in [0.1, 0.15) is 182 Å². The topological polar surface area (TPSA) is 115 Å². The van der Waals surface area contributed by atoms with Gasteiger partial charge >= 0.3 is 0 Å². The third-order valence-corrected chi connectivity index (χ3v) is 7.34. The van der Waals surface area contributed by atoms with Crippen LogP contribution in [-0.2, 0) is 19.2 Å². The van der Waals surface area contributed by atoms with Gasteiger partial charge in [0.05, 0.1) is 0 Å². The van der Waals surface area contributed by atoms with Crippen molar-refractivity contribution in [3.05, 3.63) is 0 Å². The first kappa shape index (κ1) is 39.6. The molecule has 0 radical (unpaired) electrons. The highest BCUT2D eigenvalue weighted by Gasteiger charge is 2.46. The molecule has 0 aromatic rings. The largest absolute Gasteiger partial charge is 0.481 e. The van der Waals surface area contributed by atoms with E-state index in [2.05, 4.69) is 20.8 Å². The first-order valence-corrected chi connectivity index (χ1v) is 16.3. The van der Waals surface area contributed by atoms with E-state index in [0.717, 1.165) is 64.7 Å². The number of unbranched alkanes of at least 4 members (excludes halogenated alkanes) is 18. The predicted octanol–water partition coefficient (Wildman–Crippen LogP) is 8.90. The second kappa shape index (κ2) is 28.0. The van der Waals surface area contributed by atoms with E-state index in [-0.39, 0.29) is 36.6 Å². The van der Waals surface area contributed by atoms with Crippen LogP contribution in [0, 0.1) is 0 Å². The van der Waals surface area contributed by atoms with Crippen molar-refractivity contribution in [3.8, 4) is 0 Å². The summed E-state index contributed by atoms with van der Waals surface area (Å²) < 4.78 is 0. The number of hydrogen-bond acceptors (Lipinski definition) is 5. The van der Waals surface area contributed by atoms with Crippen LogP contribution in [0.3, 0.4) is 0 Å². The van der Waals surface area contributed by atoms with Crippen molar-refractivity contribution in [1.82, 2.24) is 0 Å². The van der Waals surface area contributed by atoms with Crippen LogP contribution in [0.4, 0.5) is 0 Å². The molecular formula is C33H63NO5. The third-order valence-electron chi connectivity index (χ3n) is 7.34. The minimum atomic E-state index is -1.91. The molecule has 0 aromatic heterocycles. The molecular weight excluding hydrogens is 490 g/mol. The van der Waals surface area contributed by atoms with Gasteiger partial charge in [0.15, 0.2) is 22.9 Å². The van der Waals surface area contributed by atoms with Gasteiger partial charge in [0.25, 0.3) is 5.97 Å². The van der Waals surface area contributed by atoms with Gasteiger partial charge in [0.2, 0.25) is 0 Å². The summed E-state index contributed by atoms with van der Waals surface area (Å²) in [7, 11) is 0. The Morgan fingerprint density at radius 2 is 0.641 bits per heavy atom. The van der Waals surface area contributed by atoms with Crippen molar-refractivity contribution in [1.29, 1.82) is 0 Å². The van der Waals surface area contributed by atoms with Gasteiger partial charge in [0.1, 0.15) is 0 Å². The molecule has 0 amide bonds. The Labute approximate surface area is 240 Å². The number of carboxylic acid groups (broad SMARTS) is 1. The highest BCUT2D eigenvalue weighted by atomic mass is 16.4. The van der Waals surface area contributed by atoms with Crippen molar-refractivity contribution >= 4 is 23.3 Å². The van der Waals surface area contributed by atoms with Crippen molar-refractivity contribution in [2.75, 3.05) is 0 Å². The van der Waals surface area contributed by atoms with Crippen molar-refractivity contribution in [2.45, 2.75) is 187 Å². The molecule has 0 saturated heterocycles. The van der Waals surface area contributed by atoms with E-state index in [4.69, 9.17) is 15.6 Å². The maximum absolute atomic E-state index is 13.1. The molecule has 3 N–H and O–H groups in total. The molecule has 0 unspecified atom stereocenters. The highest BCUT2D eigenvalue weighted by Crippen LogP contribution is 2.21. The zero-order chi connectivity index (χ0) is 29.8. The lowest BCUT2D eigenvalue weighted by Crippen LogP contribution is -2.61. The number of Topliss-reactive ketones (excluding diaryl/α,β-unsaturated/α-hetero) is 3. The number of aliphatic carboxylic acids is 1. The average Bonchev–Trinajstić information content (AvgIpc) is 2.90. The van der Waals surface area contributed by atoms with Gasteiger partial charge in [-0.15, -0.1) is 0 Å². The monoisotopic (exact) mass is 553 g/mol. The molecule has 0 aromatic carbocycles. The molecule has 0 fully saturated rings. The Bertz CT molecular complexity index is 554. The normalized spacial score (nSPS) is 11.1. The Balaban J connectivity index is 0. The molecule has 0 spiro atoms. The summed E-state index contributed by atoms with van der Waals surface area (Å²) in [6.07, 6.45) is 23.8. The van der Waals surface area contributed by atoms with Crippen LogP contribution < -0.4 is 5.73 Å². The summed E-state index contributed by atoms with van der Waals surface area (Å²) in [5.41, 5.74) is 4.51. The van der Waals surface area contributed by atoms with Crippen molar-refractivity contribution < 1.29 is 24.3 Å². The second-order valence-electron chi connectivity index (χ2n) is 11.2. The zero-order valence-electron chi connectivity index (χ0n) is 26.1. The minimum absolute atomic E-state index is 0.246. The highest BCUT2D eigenvalue weighted by molar-refractivity contribution is 6.29. The number of carbonyl (C=O) groups is 4. The standard InChI is InChI=1S/C31H59NO3.C2H4O2/c1-4-7-10-13-16-19-22-25-28(33)31(32,29(34)26-23-20-17-14-11-8-5-2)30(35)27-24-21-18-15-12-9-6-3;1-2(3)4/h4-27,32H2,1-3H3;1H3,(H,3,4). The fourth-order valence-corrected chi connectivity index (χ4v) is 4.79. The van der Waals surface area contributed by atoms with Gasteiger partial charge < -0.3 is 10.8 Å². The summed E-state index contributed by atoms with van der Waals surface area (Å²) in [5, 5.41) is 7.42. The molecule has 0 aliphatic rings. The first-order valence-electron chi connectivity index (χ1n) is 16.3. The lowest BCUT2D eigenvalue weighted by Gasteiger charge is -2.25. The molecule has 0 aliphatic carbocycles. The van der Waals surface area contributed by atoms with Gasteiger partial charge in [-0.2, -0.15) is 0 Å².